The first-order valence-corrected chi connectivity index (χ1v) is 6.17. The summed E-state index contributed by atoms with van der Waals surface area (Å²) in [5.41, 5.74) is -0.449. The molecule has 4 heteroatoms. The Balaban J connectivity index is 3.86. The molecule has 0 rings (SSSR count). The first-order valence-electron chi connectivity index (χ1n) is 5.12. The fourth-order valence-electron chi connectivity index (χ4n) is 0.944. The highest BCUT2D eigenvalue weighted by Crippen LogP contribution is 2.15. The molecule has 0 N–H and O–H groups in total. The molecule has 0 saturated carbocycles. The lowest BCUT2D eigenvalue weighted by atomic mass is 10.2. The van der Waals surface area contributed by atoms with E-state index in [-0.39, 0.29) is 22.8 Å². The second-order valence-electron chi connectivity index (χ2n) is 4.36. The van der Waals surface area contributed by atoms with E-state index in [0.29, 0.717) is 6.42 Å². The standard InChI is InChI=1S/C11H20O3S/c1-6-9(12)8(2)15-7-10(13)14-11(3,4)5/h8H,6-7H2,1-5H3. The number of thioether (sulfide) groups is 1. The zero-order chi connectivity index (χ0) is 12.1. The number of hydrogen-bond donors (Lipinski definition) is 0. The minimum Gasteiger partial charge on any atom is -0.459 e. The summed E-state index contributed by atoms with van der Waals surface area (Å²) < 4.78 is 5.13. The van der Waals surface area contributed by atoms with E-state index in [1.807, 2.05) is 34.6 Å². The molecule has 0 fully saturated rings. The number of rotatable bonds is 5. The summed E-state index contributed by atoms with van der Waals surface area (Å²) in [5, 5.41) is -0.123. The first-order chi connectivity index (χ1) is 6.76. The van der Waals surface area contributed by atoms with Gasteiger partial charge in [0.05, 0.1) is 11.0 Å². The summed E-state index contributed by atoms with van der Waals surface area (Å²) in [6.45, 7) is 9.14. The van der Waals surface area contributed by atoms with E-state index in [2.05, 4.69) is 0 Å². The zero-order valence-corrected chi connectivity index (χ0v) is 10.9. The van der Waals surface area contributed by atoms with Crippen molar-refractivity contribution in [3.63, 3.8) is 0 Å². The smallest absolute Gasteiger partial charge is 0.316 e. The summed E-state index contributed by atoms with van der Waals surface area (Å²) in [7, 11) is 0. The number of esters is 1. The number of ether oxygens (including phenoxy) is 1. The molecule has 0 saturated heterocycles. The average Bonchev–Trinajstić information content (AvgIpc) is 2.10. The molecule has 15 heavy (non-hydrogen) atoms. The second kappa shape index (κ2) is 6.16. The Bertz CT molecular complexity index is 230. The molecule has 3 nitrogen and oxygen atoms in total. The Kier molecular flexibility index (Phi) is 5.95. The molecule has 1 atom stereocenters. The van der Waals surface area contributed by atoms with E-state index in [1.165, 1.54) is 11.8 Å². The quantitative estimate of drug-likeness (QED) is 0.683. The summed E-state index contributed by atoms with van der Waals surface area (Å²) in [6, 6.07) is 0. The van der Waals surface area contributed by atoms with Crippen LogP contribution in [0.4, 0.5) is 0 Å². The highest BCUT2D eigenvalue weighted by atomic mass is 32.2. The van der Waals surface area contributed by atoms with Crippen molar-refractivity contribution in [1.82, 2.24) is 0 Å². The van der Waals surface area contributed by atoms with Crippen molar-refractivity contribution < 1.29 is 14.3 Å². The third-order valence-electron chi connectivity index (χ3n) is 1.67. The third-order valence-corrected chi connectivity index (χ3v) is 2.84. The number of Topliss-reactive ketones (excluding diaryl/α,β-unsaturated/α-hetero) is 1. The van der Waals surface area contributed by atoms with Crippen LogP contribution in [0, 0.1) is 0 Å². The van der Waals surface area contributed by atoms with Gasteiger partial charge in [-0.05, 0) is 27.7 Å². The van der Waals surface area contributed by atoms with E-state index in [0.717, 1.165) is 0 Å². The Morgan fingerprint density at radius 2 is 1.87 bits per heavy atom. The van der Waals surface area contributed by atoms with Crippen LogP contribution in [-0.2, 0) is 14.3 Å². The Labute approximate surface area is 95.9 Å². The third kappa shape index (κ3) is 7.42. The Morgan fingerprint density at radius 1 is 1.33 bits per heavy atom. The lowest BCUT2D eigenvalue weighted by Gasteiger charge is -2.19. The Morgan fingerprint density at radius 3 is 2.27 bits per heavy atom. The summed E-state index contributed by atoms with van der Waals surface area (Å²) in [5.74, 6) is 0.149. The van der Waals surface area contributed by atoms with Gasteiger partial charge in [-0.25, -0.2) is 0 Å². The van der Waals surface area contributed by atoms with E-state index in [1.54, 1.807) is 0 Å². The maximum Gasteiger partial charge on any atom is 0.316 e. The first kappa shape index (κ1) is 14.5. The zero-order valence-electron chi connectivity index (χ0n) is 10.1. The van der Waals surface area contributed by atoms with Crippen LogP contribution in [0.25, 0.3) is 0 Å². The van der Waals surface area contributed by atoms with Gasteiger partial charge in [0.2, 0.25) is 0 Å². The van der Waals surface area contributed by atoms with Crippen LogP contribution in [0.2, 0.25) is 0 Å². The van der Waals surface area contributed by atoms with Gasteiger partial charge in [0, 0.05) is 6.42 Å². The lowest BCUT2D eigenvalue weighted by molar-refractivity contribution is -0.151. The molecule has 0 aliphatic carbocycles. The van der Waals surface area contributed by atoms with Gasteiger partial charge in [-0.15, -0.1) is 11.8 Å². The average molecular weight is 232 g/mol. The SMILES string of the molecule is CCC(=O)C(C)SCC(=O)OC(C)(C)C. The maximum absolute atomic E-state index is 11.3. The molecule has 0 radical (unpaired) electrons. The van der Waals surface area contributed by atoms with Gasteiger partial charge in [0.15, 0.2) is 0 Å². The van der Waals surface area contributed by atoms with Gasteiger partial charge >= 0.3 is 5.97 Å². The number of ketones is 1. The van der Waals surface area contributed by atoms with Crippen molar-refractivity contribution in [2.75, 3.05) is 5.75 Å². The Hall–Kier alpha value is -0.510. The topological polar surface area (TPSA) is 43.4 Å². The minimum atomic E-state index is -0.449. The largest absolute Gasteiger partial charge is 0.459 e. The van der Waals surface area contributed by atoms with Gasteiger partial charge in [-0.1, -0.05) is 6.92 Å². The molecule has 0 aliphatic rings. The summed E-state index contributed by atoms with van der Waals surface area (Å²) in [4.78, 5) is 22.6. The minimum absolute atomic E-state index is 0.123. The van der Waals surface area contributed by atoms with E-state index >= 15 is 0 Å². The maximum atomic E-state index is 11.3. The van der Waals surface area contributed by atoms with Gasteiger partial charge in [0.1, 0.15) is 11.4 Å². The van der Waals surface area contributed by atoms with E-state index in [4.69, 9.17) is 4.74 Å². The van der Waals surface area contributed by atoms with Crippen LogP contribution in [0.15, 0.2) is 0 Å². The van der Waals surface area contributed by atoms with Crippen LogP contribution in [0.5, 0.6) is 0 Å². The van der Waals surface area contributed by atoms with Gasteiger partial charge in [-0.3, -0.25) is 9.59 Å². The molecule has 0 bridgehead atoms. The van der Waals surface area contributed by atoms with Crippen molar-refractivity contribution in [3.8, 4) is 0 Å². The van der Waals surface area contributed by atoms with Gasteiger partial charge in [-0.2, -0.15) is 0 Å². The van der Waals surface area contributed by atoms with Gasteiger partial charge < -0.3 is 4.74 Å². The van der Waals surface area contributed by atoms with Crippen molar-refractivity contribution in [3.05, 3.63) is 0 Å². The number of hydrogen-bond acceptors (Lipinski definition) is 4. The predicted molar refractivity (Wildman–Crippen MR) is 63.1 cm³/mol. The monoisotopic (exact) mass is 232 g/mol. The van der Waals surface area contributed by atoms with Crippen LogP contribution in [-0.4, -0.2) is 28.4 Å². The molecule has 0 aromatic rings. The van der Waals surface area contributed by atoms with Crippen molar-refractivity contribution in [1.29, 1.82) is 0 Å². The number of carbonyl (C=O) groups excluding carboxylic acids is 2. The molecular weight excluding hydrogens is 212 g/mol. The molecule has 1 unspecified atom stereocenters. The van der Waals surface area contributed by atoms with Crippen LogP contribution in [0.1, 0.15) is 41.0 Å². The normalized spacial score (nSPS) is 13.4. The fourth-order valence-corrected chi connectivity index (χ4v) is 1.74. The highest BCUT2D eigenvalue weighted by Gasteiger charge is 2.18. The summed E-state index contributed by atoms with van der Waals surface area (Å²) in [6.07, 6.45) is 0.516. The highest BCUT2D eigenvalue weighted by molar-refractivity contribution is 8.01. The summed E-state index contributed by atoms with van der Waals surface area (Å²) >= 11 is 1.33. The second-order valence-corrected chi connectivity index (χ2v) is 5.69. The van der Waals surface area contributed by atoms with Crippen molar-refractivity contribution in [2.45, 2.75) is 51.9 Å². The van der Waals surface area contributed by atoms with Crippen molar-refractivity contribution in [2.24, 2.45) is 0 Å². The molecule has 0 amide bonds. The molecule has 0 spiro atoms. The molecule has 0 aromatic heterocycles. The number of carbonyl (C=O) groups is 2. The van der Waals surface area contributed by atoms with Crippen molar-refractivity contribution >= 4 is 23.5 Å². The van der Waals surface area contributed by atoms with Crippen LogP contribution in [0.3, 0.4) is 0 Å². The molecule has 0 aromatic carbocycles. The lowest BCUT2D eigenvalue weighted by Crippen LogP contribution is -2.26. The fraction of sp³-hybridized carbons (Fsp3) is 0.818. The van der Waals surface area contributed by atoms with Gasteiger partial charge in [0.25, 0.3) is 0 Å². The molecule has 88 valence electrons. The van der Waals surface area contributed by atoms with Crippen LogP contribution >= 0.6 is 11.8 Å². The molecule has 0 aliphatic heterocycles. The van der Waals surface area contributed by atoms with Crippen LogP contribution < -0.4 is 0 Å². The van der Waals surface area contributed by atoms with E-state index < -0.39 is 5.60 Å². The van der Waals surface area contributed by atoms with E-state index in [9.17, 15) is 9.59 Å². The molecular formula is C11H20O3S. The molecule has 0 heterocycles. The predicted octanol–water partition coefficient (Wildman–Crippen LogP) is 2.43.